The number of carboxylic acids is 4. The fraction of sp³-hybridized carbons (Fsp3) is 0.938. The van der Waals surface area contributed by atoms with Gasteiger partial charge in [0, 0.05) is 23.9 Å². The van der Waals surface area contributed by atoms with Crippen LogP contribution in [0, 0.1) is 0 Å². The molecule has 0 bridgehead atoms. The van der Waals surface area contributed by atoms with E-state index in [4.69, 9.17) is 0 Å². The Hall–Kier alpha value is -0.977. The topological polar surface area (TPSA) is 161 Å². The van der Waals surface area contributed by atoms with E-state index in [1.165, 1.54) is 283 Å². The summed E-state index contributed by atoms with van der Waals surface area (Å²) in [5.74, 6) is -3.62. The van der Waals surface area contributed by atoms with Gasteiger partial charge in [0.15, 0.2) is 0 Å². The van der Waals surface area contributed by atoms with Crippen LogP contribution in [0.15, 0.2) is 0 Å². The van der Waals surface area contributed by atoms with Crippen LogP contribution in [-0.4, -0.2) is 23.9 Å². The van der Waals surface area contributed by atoms with Gasteiger partial charge in [0.25, 0.3) is 0 Å². The molecule has 10 heteroatoms. The Balaban J connectivity index is -0.000000206. The van der Waals surface area contributed by atoms with Crippen molar-refractivity contribution >= 4 is 23.9 Å². The summed E-state index contributed by atoms with van der Waals surface area (Å²) in [5, 5.41) is 40.8. The molecule has 0 N–H and O–H groups in total. The normalized spacial score (nSPS) is 10.4. The number of unbranched alkanes of at least 4 members (excludes halogenated alkanes) is 48. The van der Waals surface area contributed by atoms with Gasteiger partial charge in [-0.3, -0.25) is 0 Å². The van der Waals surface area contributed by atoms with Gasteiger partial charge in [-0.25, -0.2) is 0 Å². The summed E-state index contributed by atoms with van der Waals surface area (Å²) in [7, 11) is 0. The molecule has 0 spiro atoms. The van der Waals surface area contributed by atoms with Crippen molar-refractivity contribution < 1.29 is 76.2 Å². The molecule has 0 rings (SSSR count). The Morgan fingerprint density at radius 2 is 0.270 bits per heavy atom. The summed E-state index contributed by atoms with van der Waals surface area (Å²) >= 11 is 0. The predicted octanol–water partition coefficient (Wildman–Crippen LogP) is 16.9. The summed E-state index contributed by atoms with van der Waals surface area (Å²) in [4.78, 5) is 40.8. The monoisotopic (exact) mass is 1150 g/mol. The number of carboxylic acid groups (broad SMARTS) is 4. The van der Waals surface area contributed by atoms with Gasteiger partial charge in [-0.05, 0) is 51.4 Å². The van der Waals surface area contributed by atoms with Crippen molar-refractivity contribution in [2.45, 2.75) is 387 Å². The number of rotatable bonds is 56. The molecule has 0 aliphatic heterocycles. The zero-order chi connectivity index (χ0) is 53.9. The van der Waals surface area contributed by atoms with Gasteiger partial charge in [-0.1, -0.05) is 336 Å². The van der Waals surface area contributed by atoms with Crippen LogP contribution >= 0.6 is 0 Å². The first-order valence-electron chi connectivity index (χ1n) is 31.9. The number of aliphatic carboxylic acids is 4. The first kappa shape index (κ1) is 84.3. The van der Waals surface area contributed by atoms with Gasteiger partial charge < -0.3 is 39.6 Å². The summed E-state index contributed by atoms with van der Waals surface area (Å²) < 4.78 is 0. The molecule has 0 aromatic carbocycles. The number of hydrogen-bond donors (Lipinski definition) is 0. The van der Waals surface area contributed by atoms with Crippen molar-refractivity contribution in [2.24, 2.45) is 0 Å². The molecule has 1 radical (unpaired) electrons. The minimum absolute atomic E-state index is 0. The van der Waals surface area contributed by atoms with Crippen LogP contribution in [0.2, 0.25) is 0 Å². The average molecular weight is 1150 g/mol. The van der Waals surface area contributed by atoms with Gasteiger partial charge in [0.1, 0.15) is 0 Å². The molecular weight excluding hydrogens is 1030 g/mol. The van der Waals surface area contributed by atoms with Crippen molar-refractivity contribution in [3.8, 4) is 0 Å². The van der Waals surface area contributed by atoms with Gasteiger partial charge in [-0.15, -0.1) is 0 Å². The fourth-order valence-corrected chi connectivity index (χ4v) is 9.15. The Bertz CT molecular complexity index is 887. The summed E-state index contributed by atoms with van der Waals surface area (Å²) in [6.45, 7) is 9.03. The molecule has 0 saturated carbocycles. The van der Waals surface area contributed by atoms with Crippen LogP contribution in [0.1, 0.15) is 387 Å². The number of hydrogen-bond acceptors (Lipinski definition) is 8. The zero-order valence-corrected chi connectivity index (χ0v) is 53.8. The van der Waals surface area contributed by atoms with E-state index in [9.17, 15) is 39.6 Å². The molecule has 0 fully saturated rings. The quantitative estimate of drug-likeness (QED) is 0.0430. The van der Waals surface area contributed by atoms with Gasteiger partial charge in [-0.2, -0.15) is 0 Å². The van der Waals surface area contributed by atoms with Gasteiger partial charge in [0.05, 0.1) is 0 Å². The molecule has 0 amide bonds. The second-order valence-electron chi connectivity index (χ2n) is 21.5. The van der Waals surface area contributed by atoms with Crippen molar-refractivity contribution in [2.75, 3.05) is 0 Å². The van der Waals surface area contributed by atoms with E-state index < -0.39 is 23.9 Å². The largest absolute Gasteiger partial charge is 2.00 e. The summed E-state index contributed by atoms with van der Waals surface area (Å²) in [6, 6.07) is 0. The van der Waals surface area contributed by atoms with Crippen LogP contribution in [0.5, 0.6) is 0 Å². The van der Waals surface area contributed by atoms with Crippen molar-refractivity contribution in [3.05, 3.63) is 0 Å². The Morgan fingerprint density at radius 1 is 0.189 bits per heavy atom. The van der Waals surface area contributed by atoms with E-state index in [2.05, 4.69) is 27.7 Å². The number of carbonyl (C=O) groups excluding carboxylic acids is 4. The molecule has 8 nitrogen and oxygen atoms in total. The first-order valence-corrected chi connectivity index (χ1v) is 31.9. The molecule has 74 heavy (non-hydrogen) atoms. The maximum absolute atomic E-state index is 10.2. The van der Waals surface area contributed by atoms with E-state index in [0.717, 1.165) is 51.4 Å². The molecule has 0 unspecified atom stereocenters. The molecule has 0 atom stereocenters. The second kappa shape index (κ2) is 80.9. The SMILES string of the molecule is CCCCCCCCCCCCCCCC(=O)[O-].CCCCCCCCCCCCCCCC(=O)[O-].CCCCCCCCCCCCCCCC(=O)[O-].CCCCCCCCCCCCCCCC(=O)[O-].[Cu+2].[Zn+2]. The Labute approximate surface area is 484 Å². The predicted molar refractivity (Wildman–Crippen MR) is 301 cm³/mol. The zero-order valence-electron chi connectivity index (χ0n) is 49.9. The molecule has 0 aromatic rings. The third kappa shape index (κ3) is 100.0. The molecule has 0 aliphatic rings. The Morgan fingerprint density at radius 3 is 0.351 bits per heavy atom. The maximum atomic E-state index is 10.2. The summed E-state index contributed by atoms with van der Waals surface area (Å²) in [6.07, 6.45) is 67.7. The van der Waals surface area contributed by atoms with E-state index in [0.29, 0.717) is 0 Å². The van der Waals surface area contributed by atoms with E-state index in [1.54, 1.807) is 0 Å². The molecule has 441 valence electrons. The van der Waals surface area contributed by atoms with Crippen LogP contribution in [-0.2, 0) is 55.7 Å². The molecular formula is C64H124CuO8Zn. The molecule has 0 heterocycles. The average Bonchev–Trinajstić information content (AvgIpc) is 3.35. The summed E-state index contributed by atoms with van der Waals surface area (Å²) in [5.41, 5.74) is 0. The molecule has 0 aliphatic carbocycles. The number of carbonyl (C=O) groups is 4. The van der Waals surface area contributed by atoms with Crippen LogP contribution in [0.25, 0.3) is 0 Å². The minimum atomic E-state index is -0.905. The van der Waals surface area contributed by atoms with Gasteiger partial charge in [0.2, 0.25) is 0 Å². The molecule has 0 aromatic heterocycles. The third-order valence-corrected chi connectivity index (χ3v) is 13.9. The first-order chi connectivity index (χ1) is 35.1. The standard InChI is InChI=1S/4C16H32O2.Cu.Zn/c4*1-2-3-4-5-6-7-8-9-10-11-12-13-14-15-16(17)18;;/h4*2-15H2,1H3,(H,17,18);;/q;;;;2*+2/p-4. The minimum Gasteiger partial charge on any atom is -0.550 e. The smallest absolute Gasteiger partial charge is 0.550 e. The van der Waals surface area contributed by atoms with Crippen molar-refractivity contribution in [3.63, 3.8) is 0 Å². The van der Waals surface area contributed by atoms with Crippen molar-refractivity contribution in [1.29, 1.82) is 0 Å². The van der Waals surface area contributed by atoms with Gasteiger partial charge >= 0.3 is 36.5 Å². The van der Waals surface area contributed by atoms with E-state index in [-0.39, 0.29) is 62.2 Å². The Kier molecular flexibility index (Phi) is 92.2. The van der Waals surface area contributed by atoms with Crippen LogP contribution in [0.4, 0.5) is 0 Å². The maximum Gasteiger partial charge on any atom is 2.00 e. The van der Waals surface area contributed by atoms with E-state index >= 15 is 0 Å². The van der Waals surface area contributed by atoms with E-state index in [1.807, 2.05) is 0 Å². The third-order valence-electron chi connectivity index (χ3n) is 13.9. The molecule has 0 saturated heterocycles. The van der Waals surface area contributed by atoms with Crippen LogP contribution in [0.3, 0.4) is 0 Å². The van der Waals surface area contributed by atoms with Crippen molar-refractivity contribution in [1.82, 2.24) is 0 Å². The van der Waals surface area contributed by atoms with Crippen LogP contribution < -0.4 is 20.4 Å². The fourth-order valence-electron chi connectivity index (χ4n) is 9.15. The second-order valence-corrected chi connectivity index (χ2v) is 21.5.